The molecule has 2 heterocycles. The summed E-state index contributed by atoms with van der Waals surface area (Å²) in [7, 11) is -3.96. The first-order chi connectivity index (χ1) is 15.3. The number of hydrogen-bond donors (Lipinski definition) is 1. The van der Waals surface area contributed by atoms with E-state index in [0.717, 1.165) is 49.3 Å². The standard InChI is InChI=1S/C22H23N5O4S/c1-16-11-13-26(14-12-16)22-10-9-21(23-24-22)17-5-7-18(8-6-17)25-32(30,31)20-4-2-3-19(15-20)27(28)29/h2-10,15-16,25H,11-14H2,1H3. The van der Waals surface area contributed by atoms with Gasteiger partial charge in [0.15, 0.2) is 5.82 Å². The molecule has 1 aliphatic heterocycles. The molecular weight excluding hydrogens is 430 g/mol. The van der Waals surface area contributed by atoms with Gasteiger partial charge in [-0.1, -0.05) is 25.1 Å². The molecule has 0 bridgehead atoms. The number of piperidine rings is 1. The summed E-state index contributed by atoms with van der Waals surface area (Å²) in [5, 5.41) is 19.6. The number of nitrogens with one attached hydrogen (secondary N) is 1. The van der Waals surface area contributed by atoms with Crippen molar-refractivity contribution in [3.05, 3.63) is 70.8 Å². The van der Waals surface area contributed by atoms with E-state index in [-0.39, 0.29) is 10.6 Å². The molecule has 0 amide bonds. The minimum Gasteiger partial charge on any atom is -0.355 e. The van der Waals surface area contributed by atoms with Crippen molar-refractivity contribution in [2.24, 2.45) is 5.92 Å². The minimum atomic E-state index is -3.96. The molecule has 1 aliphatic rings. The smallest absolute Gasteiger partial charge is 0.270 e. The number of nitrogens with zero attached hydrogens (tertiary/aromatic N) is 4. The predicted molar refractivity (Wildman–Crippen MR) is 122 cm³/mol. The lowest BCUT2D eigenvalue weighted by atomic mass is 9.99. The third-order valence-electron chi connectivity index (χ3n) is 5.53. The molecule has 0 unspecified atom stereocenters. The number of benzene rings is 2. The molecule has 4 rings (SSSR count). The van der Waals surface area contributed by atoms with E-state index in [9.17, 15) is 18.5 Å². The fourth-order valence-corrected chi connectivity index (χ4v) is 4.67. The molecule has 1 saturated heterocycles. The molecule has 166 valence electrons. The van der Waals surface area contributed by atoms with Crippen LogP contribution in [0, 0.1) is 16.0 Å². The predicted octanol–water partition coefficient (Wildman–Crippen LogP) is 4.09. The lowest BCUT2D eigenvalue weighted by molar-refractivity contribution is -0.385. The van der Waals surface area contributed by atoms with E-state index >= 15 is 0 Å². The molecule has 10 heteroatoms. The molecule has 2 aromatic carbocycles. The highest BCUT2D eigenvalue weighted by Crippen LogP contribution is 2.25. The molecule has 32 heavy (non-hydrogen) atoms. The average molecular weight is 454 g/mol. The van der Waals surface area contributed by atoms with Crippen LogP contribution >= 0.6 is 0 Å². The van der Waals surface area contributed by atoms with E-state index in [4.69, 9.17) is 0 Å². The van der Waals surface area contributed by atoms with Gasteiger partial charge < -0.3 is 4.90 Å². The number of aromatic nitrogens is 2. The lowest BCUT2D eigenvalue weighted by Gasteiger charge is -2.30. The van der Waals surface area contributed by atoms with E-state index in [1.165, 1.54) is 18.2 Å². The van der Waals surface area contributed by atoms with E-state index < -0.39 is 14.9 Å². The Bertz CT molecular complexity index is 1210. The summed E-state index contributed by atoms with van der Waals surface area (Å²) in [4.78, 5) is 12.3. The summed E-state index contributed by atoms with van der Waals surface area (Å²) >= 11 is 0. The van der Waals surface area contributed by atoms with Gasteiger partial charge in [0, 0.05) is 36.5 Å². The monoisotopic (exact) mass is 453 g/mol. The van der Waals surface area contributed by atoms with E-state index in [1.807, 2.05) is 12.1 Å². The van der Waals surface area contributed by atoms with E-state index in [2.05, 4.69) is 26.7 Å². The number of sulfonamides is 1. The van der Waals surface area contributed by atoms with Crippen LogP contribution in [0.5, 0.6) is 0 Å². The van der Waals surface area contributed by atoms with Gasteiger partial charge in [-0.15, -0.1) is 10.2 Å². The summed E-state index contributed by atoms with van der Waals surface area (Å²) in [6, 6.07) is 15.5. The largest absolute Gasteiger partial charge is 0.355 e. The zero-order valence-electron chi connectivity index (χ0n) is 17.5. The van der Waals surface area contributed by atoms with E-state index in [0.29, 0.717) is 11.4 Å². The maximum atomic E-state index is 12.6. The van der Waals surface area contributed by atoms with Gasteiger partial charge in [-0.25, -0.2) is 8.42 Å². The molecule has 0 radical (unpaired) electrons. The van der Waals surface area contributed by atoms with Crippen molar-refractivity contribution in [2.45, 2.75) is 24.7 Å². The zero-order chi connectivity index (χ0) is 22.7. The maximum Gasteiger partial charge on any atom is 0.270 e. The SMILES string of the molecule is CC1CCN(c2ccc(-c3ccc(NS(=O)(=O)c4cccc([N+](=O)[O-])c4)cc3)nn2)CC1. The van der Waals surface area contributed by atoms with Crippen molar-refractivity contribution in [3.8, 4) is 11.3 Å². The highest BCUT2D eigenvalue weighted by molar-refractivity contribution is 7.92. The Kier molecular flexibility index (Phi) is 6.04. The van der Waals surface area contributed by atoms with Gasteiger partial charge in [0.1, 0.15) is 0 Å². The summed E-state index contributed by atoms with van der Waals surface area (Å²) in [6.45, 7) is 4.22. The maximum absolute atomic E-state index is 12.6. The number of anilines is 2. The van der Waals surface area contributed by atoms with Gasteiger partial charge in [0.05, 0.1) is 15.5 Å². The molecule has 0 spiro atoms. The Morgan fingerprint density at radius 2 is 1.75 bits per heavy atom. The van der Waals surface area contributed by atoms with Crippen molar-refractivity contribution >= 4 is 27.2 Å². The van der Waals surface area contributed by atoms with Gasteiger partial charge in [0.25, 0.3) is 15.7 Å². The Morgan fingerprint density at radius 3 is 2.38 bits per heavy atom. The highest BCUT2D eigenvalue weighted by atomic mass is 32.2. The van der Waals surface area contributed by atoms with Crippen LogP contribution in [0.15, 0.2) is 65.6 Å². The minimum absolute atomic E-state index is 0.177. The number of non-ortho nitro benzene ring substituents is 1. The van der Waals surface area contributed by atoms with Crippen molar-refractivity contribution in [3.63, 3.8) is 0 Å². The molecule has 0 atom stereocenters. The Hall–Kier alpha value is -3.53. The van der Waals surface area contributed by atoms with Crippen LogP contribution in [0.2, 0.25) is 0 Å². The second-order valence-corrected chi connectivity index (χ2v) is 9.57. The van der Waals surface area contributed by atoms with Crippen LogP contribution < -0.4 is 9.62 Å². The third kappa shape index (κ3) is 4.86. The van der Waals surface area contributed by atoms with Crippen molar-refractivity contribution in [1.82, 2.24) is 10.2 Å². The fraction of sp³-hybridized carbons (Fsp3) is 0.273. The van der Waals surface area contributed by atoms with Crippen molar-refractivity contribution in [2.75, 3.05) is 22.7 Å². The summed E-state index contributed by atoms with van der Waals surface area (Å²) in [5.41, 5.74) is 1.54. The van der Waals surface area contributed by atoms with Crippen LogP contribution in [-0.2, 0) is 10.0 Å². The summed E-state index contributed by atoms with van der Waals surface area (Å²) < 4.78 is 27.6. The first-order valence-electron chi connectivity index (χ1n) is 10.3. The van der Waals surface area contributed by atoms with Crippen molar-refractivity contribution < 1.29 is 13.3 Å². The fourth-order valence-electron chi connectivity index (χ4n) is 3.57. The lowest BCUT2D eigenvalue weighted by Crippen LogP contribution is -2.33. The second kappa shape index (κ2) is 8.91. The first kappa shape index (κ1) is 21.7. The number of hydrogen-bond acceptors (Lipinski definition) is 7. The van der Waals surface area contributed by atoms with Gasteiger partial charge >= 0.3 is 0 Å². The quantitative estimate of drug-likeness (QED) is 0.441. The van der Waals surface area contributed by atoms with E-state index in [1.54, 1.807) is 24.3 Å². The second-order valence-electron chi connectivity index (χ2n) is 7.88. The molecule has 3 aromatic rings. The Morgan fingerprint density at radius 1 is 1.03 bits per heavy atom. The van der Waals surface area contributed by atoms with Crippen LogP contribution in [0.1, 0.15) is 19.8 Å². The van der Waals surface area contributed by atoms with Gasteiger partial charge in [0.2, 0.25) is 0 Å². The Balaban J connectivity index is 1.46. The van der Waals surface area contributed by atoms with Crippen LogP contribution in [0.4, 0.5) is 17.2 Å². The third-order valence-corrected chi connectivity index (χ3v) is 6.91. The first-order valence-corrected chi connectivity index (χ1v) is 11.8. The molecular formula is C22H23N5O4S. The number of rotatable bonds is 6. The molecule has 1 aromatic heterocycles. The number of nitro groups is 1. The van der Waals surface area contributed by atoms with Crippen LogP contribution in [0.25, 0.3) is 11.3 Å². The summed E-state index contributed by atoms with van der Waals surface area (Å²) in [5.74, 6) is 1.61. The molecule has 9 nitrogen and oxygen atoms in total. The molecule has 1 N–H and O–H groups in total. The van der Waals surface area contributed by atoms with Gasteiger partial charge in [-0.3, -0.25) is 14.8 Å². The van der Waals surface area contributed by atoms with Crippen molar-refractivity contribution in [1.29, 1.82) is 0 Å². The average Bonchev–Trinajstić information content (AvgIpc) is 2.80. The van der Waals surface area contributed by atoms with Gasteiger partial charge in [-0.05, 0) is 49.1 Å². The summed E-state index contributed by atoms with van der Waals surface area (Å²) in [6.07, 6.45) is 2.30. The number of nitro benzene ring substituents is 1. The zero-order valence-corrected chi connectivity index (χ0v) is 18.3. The van der Waals surface area contributed by atoms with Gasteiger partial charge in [-0.2, -0.15) is 0 Å². The molecule has 1 fully saturated rings. The topological polar surface area (TPSA) is 118 Å². The normalized spacial score (nSPS) is 14.8. The highest BCUT2D eigenvalue weighted by Gasteiger charge is 2.19. The van der Waals surface area contributed by atoms with Crippen LogP contribution in [0.3, 0.4) is 0 Å². The molecule has 0 saturated carbocycles. The molecule has 0 aliphatic carbocycles. The Labute approximate surface area is 186 Å². The van der Waals surface area contributed by atoms with Crippen LogP contribution in [-0.4, -0.2) is 36.6 Å².